The van der Waals surface area contributed by atoms with Crippen LogP contribution in [0.4, 0.5) is 0 Å². The second-order valence-electron chi connectivity index (χ2n) is 14.8. The first-order valence-corrected chi connectivity index (χ1v) is 14.7. The Labute approximate surface area is 207 Å². The van der Waals surface area contributed by atoms with Crippen LogP contribution in [0, 0.1) is 69.5 Å². The molecule has 0 aliphatic heterocycles. The van der Waals surface area contributed by atoms with E-state index in [1.807, 2.05) is 0 Å². The largest absolute Gasteiger partial charge is 0.0923 e. The monoisotopic (exact) mass is 450 g/mol. The second kappa shape index (κ2) is 9.40. The molecule has 33 heavy (non-hydrogen) atoms. The maximum atomic E-state index is 3.58. The molecule has 0 nitrogen and oxygen atoms in total. The quantitative estimate of drug-likeness (QED) is 0.366. The molecular formula is C33H54. The van der Waals surface area contributed by atoms with Gasteiger partial charge in [0.1, 0.15) is 0 Å². The summed E-state index contributed by atoms with van der Waals surface area (Å²) in [6, 6.07) is 0. The minimum Gasteiger partial charge on any atom is -0.0923 e. The Morgan fingerprint density at radius 1 is 0.939 bits per heavy atom. The maximum Gasteiger partial charge on any atom is 0.0233 e. The van der Waals surface area contributed by atoms with Crippen LogP contribution < -0.4 is 0 Å². The predicted molar refractivity (Wildman–Crippen MR) is 144 cm³/mol. The van der Waals surface area contributed by atoms with Gasteiger partial charge in [0.25, 0.3) is 0 Å². The van der Waals surface area contributed by atoms with Gasteiger partial charge in [-0.25, -0.2) is 0 Å². The molecule has 0 saturated heterocycles. The number of hydrogen-bond donors (Lipinski definition) is 0. The van der Waals surface area contributed by atoms with Crippen molar-refractivity contribution in [2.45, 2.75) is 126 Å². The van der Waals surface area contributed by atoms with Gasteiger partial charge in [0.05, 0.1) is 0 Å². The van der Waals surface area contributed by atoms with Crippen molar-refractivity contribution in [3.05, 3.63) is 11.6 Å². The number of allylic oxidation sites excluding steroid dienone is 2. The van der Waals surface area contributed by atoms with E-state index in [0.29, 0.717) is 10.8 Å². The van der Waals surface area contributed by atoms with E-state index in [9.17, 15) is 0 Å². The van der Waals surface area contributed by atoms with E-state index < -0.39 is 0 Å². The van der Waals surface area contributed by atoms with Crippen molar-refractivity contribution in [2.24, 2.45) is 57.7 Å². The van der Waals surface area contributed by atoms with Gasteiger partial charge in [-0.2, -0.15) is 0 Å². The average molecular weight is 451 g/mol. The summed E-state index contributed by atoms with van der Waals surface area (Å²) in [5.41, 5.74) is 2.70. The molecule has 4 aliphatic carbocycles. The van der Waals surface area contributed by atoms with Crippen LogP contribution in [-0.2, 0) is 0 Å². The highest BCUT2D eigenvalue weighted by molar-refractivity contribution is 5.33. The molecule has 0 heterocycles. The van der Waals surface area contributed by atoms with Crippen molar-refractivity contribution in [3.8, 4) is 11.8 Å². The highest BCUT2D eigenvalue weighted by Crippen LogP contribution is 2.68. The molecular weight excluding hydrogens is 396 g/mol. The Morgan fingerprint density at radius 3 is 2.36 bits per heavy atom. The molecule has 0 bridgehead atoms. The number of rotatable bonds is 5. The Morgan fingerprint density at radius 2 is 1.67 bits per heavy atom. The molecule has 0 aromatic carbocycles. The van der Waals surface area contributed by atoms with E-state index in [4.69, 9.17) is 0 Å². The Kier molecular flexibility index (Phi) is 7.23. The number of fused-ring (bicyclic) bond motifs is 5. The van der Waals surface area contributed by atoms with Gasteiger partial charge in [-0.05, 0) is 130 Å². The van der Waals surface area contributed by atoms with Crippen molar-refractivity contribution < 1.29 is 0 Å². The zero-order valence-electron chi connectivity index (χ0n) is 23.4. The summed E-state index contributed by atoms with van der Waals surface area (Å²) in [6.07, 6.45) is 18.4. The van der Waals surface area contributed by atoms with E-state index in [1.165, 1.54) is 76.2 Å². The average Bonchev–Trinajstić information content (AvgIpc) is 3.08. The van der Waals surface area contributed by atoms with Gasteiger partial charge in [0.2, 0.25) is 0 Å². The third-order valence-electron chi connectivity index (χ3n) is 11.1. The smallest absolute Gasteiger partial charge is 0.0233 e. The highest BCUT2D eigenvalue weighted by atomic mass is 14.6. The lowest BCUT2D eigenvalue weighted by Gasteiger charge is -2.60. The summed E-state index contributed by atoms with van der Waals surface area (Å²) in [7, 11) is 0. The Bertz CT molecular complexity index is 781. The fourth-order valence-corrected chi connectivity index (χ4v) is 9.27. The first kappa shape index (κ1) is 25.4. The van der Waals surface area contributed by atoms with Crippen molar-refractivity contribution in [2.75, 3.05) is 0 Å². The molecule has 0 unspecified atom stereocenters. The standard InChI is InChI=1S/C33H54/c1-23(2)10-9-11-24(3)28-14-15-29-27-13-12-26-22-25(16-19-31(4,5)6)17-20-32(26,7)30(27)18-21-33(28,29)8/h17,23-24,26-30H,9-15,18,20-22H2,1-8H3/t24-,26+,27-,28-,29+,30-,32+,33-/m1/s1. The lowest BCUT2D eigenvalue weighted by molar-refractivity contribution is -0.101. The van der Waals surface area contributed by atoms with E-state index in [2.05, 4.69) is 73.3 Å². The van der Waals surface area contributed by atoms with Crippen LogP contribution >= 0.6 is 0 Å². The van der Waals surface area contributed by atoms with E-state index in [0.717, 1.165) is 41.4 Å². The molecule has 3 saturated carbocycles. The van der Waals surface area contributed by atoms with Crippen molar-refractivity contribution in [3.63, 3.8) is 0 Å². The van der Waals surface area contributed by atoms with Crippen LogP contribution in [0.1, 0.15) is 126 Å². The van der Waals surface area contributed by atoms with Gasteiger partial charge in [-0.3, -0.25) is 0 Å². The fraction of sp³-hybridized carbons (Fsp3) is 0.879. The third-order valence-corrected chi connectivity index (χ3v) is 11.1. The summed E-state index contributed by atoms with van der Waals surface area (Å²) in [6.45, 7) is 19.5. The highest BCUT2D eigenvalue weighted by Gasteiger charge is 2.60. The van der Waals surface area contributed by atoms with E-state index >= 15 is 0 Å². The molecule has 0 aromatic heterocycles. The topological polar surface area (TPSA) is 0 Å². The molecule has 186 valence electrons. The molecule has 4 rings (SSSR count). The third kappa shape index (κ3) is 5.00. The van der Waals surface area contributed by atoms with E-state index in [1.54, 1.807) is 0 Å². The summed E-state index contributed by atoms with van der Waals surface area (Å²) < 4.78 is 0. The van der Waals surface area contributed by atoms with Gasteiger partial charge < -0.3 is 0 Å². The van der Waals surface area contributed by atoms with Crippen LogP contribution in [0.3, 0.4) is 0 Å². The lowest BCUT2D eigenvalue weighted by Crippen LogP contribution is -2.52. The first-order chi connectivity index (χ1) is 15.4. The predicted octanol–water partition coefficient (Wildman–Crippen LogP) is 9.69. The van der Waals surface area contributed by atoms with Crippen molar-refractivity contribution in [1.29, 1.82) is 0 Å². The Hall–Kier alpha value is -0.700. The van der Waals surface area contributed by atoms with Crippen LogP contribution in [0.2, 0.25) is 0 Å². The van der Waals surface area contributed by atoms with Crippen LogP contribution in [0.5, 0.6) is 0 Å². The van der Waals surface area contributed by atoms with Crippen LogP contribution in [0.15, 0.2) is 11.6 Å². The summed E-state index contributed by atoms with van der Waals surface area (Å²) in [5, 5.41) is 0. The van der Waals surface area contributed by atoms with Crippen molar-refractivity contribution >= 4 is 0 Å². The molecule has 3 fully saturated rings. The molecule has 0 spiro atoms. The zero-order valence-corrected chi connectivity index (χ0v) is 23.4. The van der Waals surface area contributed by atoms with E-state index in [-0.39, 0.29) is 5.41 Å². The molecule has 0 N–H and O–H groups in total. The summed E-state index contributed by atoms with van der Waals surface area (Å²) in [4.78, 5) is 0. The Balaban J connectivity index is 1.46. The molecule has 0 heteroatoms. The molecule has 4 aliphatic rings. The van der Waals surface area contributed by atoms with Crippen molar-refractivity contribution in [1.82, 2.24) is 0 Å². The minimum absolute atomic E-state index is 0.109. The van der Waals surface area contributed by atoms with Crippen LogP contribution in [0.25, 0.3) is 0 Å². The number of hydrogen-bond acceptors (Lipinski definition) is 0. The van der Waals surface area contributed by atoms with Gasteiger partial charge in [0, 0.05) is 5.41 Å². The lowest BCUT2D eigenvalue weighted by atomic mass is 9.45. The van der Waals surface area contributed by atoms with Gasteiger partial charge in [0.15, 0.2) is 0 Å². The fourth-order valence-electron chi connectivity index (χ4n) is 9.27. The van der Waals surface area contributed by atoms with Gasteiger partial charge >= 0.3 is 0 Å². The SMILES string of the molecule is CC(C)CCC[C@@H](C)[C@H]1CC[C@H]2[C@H]3CC[C@H]4CC(C#CC(C)(C)C)=CC[C@]4(C)[C@@H]3CC[C@]12C. The summed E-state index contributed by atoms with van der Waals surface area (Å²) in [5.74, 6) is 13.7. The second-order valence-corrected chi connectivity index (χ2v) is 14.8. The maximum absolute atomic E-state index is 3.58. The van der Waals surface area contributed by atoms with Gasteiger partial charge in [-0.1, -0.05) is 71.8 Å². The first-order valence-electron chi connectivity index (χ1n) is 14.7. The minimum atomic E-state index is 0.109. The van der Waals surface area contributed by atoms with Crippen LogP contribution in [-0.4, -0.2) is 0 Å². The van der Waals surface area contributed by atoms with Gasteiger partial charge in [-0.15, -0.1) is 0 Å². The molecule has 0 aromatic rings. The molecule has 0 radical (unpaired) electrons. The zero-order chi connectivity index (χ0) is 24.0. The normalized spacial score (nSPS) is 41.4. The molecule has 8 atom stereocenters. The molecule has 0 amide bonds. The summed E-state index contributed by atoms with van der Waals surface area (Å²) >= 11 is 0.